The fourth-order valence-electron chi connectivity index (χ4n) is 2.58. The van der Waals surface area contributed by atoms with Crippen LogP contribution < -0.4 is 0 Å². The summed E-state index contributed by atoms with van der Waals surface area (Å²) >= 11 is 12.1. The van der Waals surface area contributed by atoms with Crippen LogP contribution >= 0.6 is 23.2 Å². The van der Waals surface area contributed by atoms with Crippen LogP contribution in [0.25, 0.3) is 0 Å². The number of aryl methyl sites for hydroxylation is 2. The summed E-state index contributed by atoms with van der Waals surface area (Å²) in [6.07, 6.45) is 0.963. The fraction of sp³-hybridized carbons (Fsp3) is 0.438. The van der Waals surface area contributed by atoms with Gasteiger partial charge < -0.3 is 0 Å². The van der Waals surface area contributed by atoms with Gasteiger partial charge in [-0.15, -0.1) is 0 Å². The van der Waals surface area contributed by atoms with Crippen molar-refractivity contribution < 1.29 is 8.42 Å². The second-order valence-corrected chi connectivity index (χ2v) is 8.48. The summed E-state index contributed by atoms with van der Waals surface area (Å²) < 4.78 is 28.9. The van der Waals surface area contributed by atoms with Crippen LogP contribution in [0, 0.1) is 13.8 Å². The molecule has 0 aliphatic heterocycles. The number of benzene rings is 1. The lowest BCUT2D eigenvalue weighted by atomic mass is 10.2. The molecule has 0 saturated carbocycles. The van der Waals surface area contributed by atoms with Crippen LogP contribution in [0.1, 0.15) is 30.3 Å². The number of halogens is 2. The number of rotatable bonds is 6. The second kappa shape index (κ2) is 7.44. The van der Waals surface area contributed by atoms with Gasteiger partial charge in [-0.2, -0.15) is 9.40 Å². The Morgan fingerprint density at radius 1 is 1.21 bits per heavy atom. The van der Waals surface area contributed by atoms with Crippen LogP contribution in [0.15, 0.2) is 23.1 Å². The molecule has 0 amide bonds. The molecule has 0 atom stereocenters. The average Bonchev–Trinajstić information content (AvgIpc) is 2.75. The van der Waals surface area contributed by atoms with Crippen LogP contribution in [-0.4, -0.2) is 29.6 Å². The van der Waals surface area contributed by atoms with Gasteiger partial charge in [0.15, 0.2) is 0 Å². The summed E-state index contributed by atoms with van der Waals surface area (Å²) in [6, 6.07) is 4.65. The van der Waals surface area contributed by atoms with Crippen molar-refractivity contribution in [2.24, 2.45) is 0 Å². The Morgan fingerprint density at radius 2 is 1.79 bits per heavy atom. The first-order chi connectivity index (χ1) is 11.2. The first kappa shape index (κ1) is 19.2. The Labute approximate surface area is 153 Å². The Bertz CT molecular complexity index is 827. The van der Waals surface area contributed by atoms with Crippen LogP contribution in [-0.2, 0) is 23.1 Å². The lowest BCUT2D eigenvalue weighted by molar-refractivity contribution is 0.464. The maximum atomic E-state index is 12.9. The van der Waals surface area contributed by atoms with Gasteiger partial charge in [0.05, 0.1) is 15.7 Å². The van der Waals surface area contributed by atoms with E-state index in [1.54, 1.807) is 6.07 Å². The maximum Gasteiger partial charge on any atom is 0.246 e. The average molecular weight is 390 g/mol. The fourth-order valence-corrected chi connectivity index (χ4v) is 4.81. The molecule has 0 N–H and O–H groups in total. The summed E-state index contributed by atoms with van der Waals surface area (Å²) in [6.45, 7) is 6.93. The van der Waals surface area contributed by atoms with E-state index >= 15 is 0 Å². The molecule has 1 aromatic carbocycles. The van der Waals surface area contributed by atoms with Crippen LogP contribution in [0.3, 0.4) is 0 Å². The standard InChI is InChI=1S/C16H21Cl2N3O2S/c1-5-9-21-12(3)13(11(2)19-21)10-20(4)24(22,23)16-14(17)7-6-8-15(16)18/h6-8H,5,9-10H2,1-4H3. The highest BCUT2D eigenvalue weighted by atomic mass is 35.5. The number of sulfonamides is 1. The number of aromatic nitrogens is 2. The molecule has 2 aromatic rings. The minimum atomic E-state index is -3.80. The third kappa shape index (κ3) is 3.61. The first-order valence-corrected chi connectivity index (χ1v) is 9.83. The van der Waals surface area contributed by atoms with Crippen molar-refractivity contribution in [2.45, 2.75) is 45.2 Å². The van der Waals surface area contributed by atoms with E-state index in [0.29, 0.717) is 0 Å². The Balaban J connectivity index is 2.38. The molecule has 0 saturated heterocycles. The molecular formula is C16H21Cl2N3O2S. The van der Waals surface area contributed by atoms with Gasteiger partial charge >= 0.3 is 0 Å². The SMILES string of the molecule is CCCn1nc(C)c(CN(C)S(=O)(=O)c2c(Cl)cccc2Cl)c1C. The van der Waals surface area contributed by atoms with Gasteiger partial charge in [-0.25, -0.2) is 8.42 Å². The van der Waals surface area contributed by atoms with Gasteiger partial charge in [0.2, 0.25) is 10.0 Å². The van der Waals surface area contributed by atoms with E-state index in [4.69, 9.17) is 23.2 Å². The first-order valence-electron chi connectivity index (χ1n) is 7.63. The van der Waals surface area contributed by atoms with E-state index in [1.807, 2.05) is 18.5 Å². The molecule has 0 unspecified atom stereocenters. The van der Waals surface area contributed by atoms with E-state index in [1.165, 1.54) is 23.5 Å². The van der Waals surface area contributed by atoms with Crippen molar-refractivity contribution >= 4 is 33.2 Å². The van der Waals surface area contributed by atoms with Crippen LogP contribution in [0.2, 0.25) is 10.0 Å². The normalized spacial score (nSPS) is 12.1. The predicted molar refractivity (Wildman–Crippen MR) is 97.1 cm³/mol. The largest absolute Gasteiger partial charge is 0.269 e. The van der Waals surface area contributed by atoms with E-state index < -0.39 is 10.0 Å². The minimum absolute atomic E-state index is 0.0629. The molecule has 24 heavy (non-hydrogen) atoms. The molecule has 1 aromatic heterocycles. The quantitative estimate of drug-likeness (QED) is 0.748. The molecule has 0 bridgehead atoms. The molecule has 0 fully saturated rings. The molecule has 0 spiro atoms. The lowest BCUT2D eigenvalue weighted by Crippen LogP contribution is -2.27. The third-order valence-corrected chi connectivity index (χ3v) is 6.69. The minimum Gasteiger partial charge on any atom is -0.269 e. The number of nitrogens with zero attached hydrogens (tertiary/aromatic N) is 3. The van der Waals surface area contributed by atoms with E-state index in [-0.39, 0.29) is 21.5 Å². The summed E-state index contributed by atoms with van der Waals surface area (Å²) in [5.74, 6) is 0. The predicted octanol–water partition coefficient (Wildman–Crippen LogP) is 4.04. The highest BCUT2D eigenvalue weighted by molar-refractivity contribution is 7.89. The van der Waals surface area contributed by atoms with E-state index in [2.05, 4.69) is 12.0 Å². The Kier molecular flexibility index (Phi) is 5.96. The summed E-state index contributed by atoms with van der Waals surface area (Å²) in [7, 11) is -2.28. The summed E-state index contributed by atoms with van der Waals surface area (Å²) in [5.41, 5.74) is 2.70. The van der Waals surface area contributed by atoms with Crippen LogP contribution in [0.5, 0.6) is 0 Å². The van der Waals surface area contributed by atoms with Crippen molar-refractivity contribution in [3.05, 3.63) is 45.2 Å². The van der Waals surface area contributed by atoms with Gasteiger partial charge in [-0.1, -0.05) is 36.2 Å². The Morgan fingerprint density at radius 3 is 2.33 bits per heavy atom. The Hall–Kier alpha value is -1.08. The van der Waals surface area contributed by atoms with Gasteiger partial charge in [-0.05, 0) is 32.4 Å². The van der Waals surface area contributed by atoms with Gasteiger partial charge in [0.25, 0.3) is 0 Å². The van der Waals surface area contributed by atoms with Crippen molar-refractivity contribution in [2.75, 3.05) is 7.05 Å². The molecule has 2 rings (SSSR count). The van der Waals surface area contributed by atoms with Crippen molar-refractivity contribution in [1.82, 2.24) is 14.1 Å². The molecule has 0 aliphatic carbocycles. The molecule has 8 heteroatoms. The highest BCUT2D eigenvalue weighted by Crippen LogP contribution is 2.32. The number of hydrogen-bond acceptors (Lipinski definition) is 3. The van der Waals surface area contributed by atoms with Crippen molar-refractivity contribution in [1.29, 1.82) is 0 Å². The van der Waals surface area contributed by atoms with Gasteiger partial charge in [0.1, 0.15) is 4.90 Å². The van der Waals surface area contributed by atoms with Crippen molar-refractivity contribution in [3.8, 4) is 0 Å². The van der Waals surface area contributed by atoms with Crippen LogP contribution in [0.4, 0.5) is 0 Å². The number of hydrogen-bond donors (Lipinski definition) is 0. The van der Waals surface area contributed by atoms with E-state index in [0.717, 1.165) is 29.9 Å². The molecule has 1 heterocycles. The molecule has 0 aliphatic rings. The molecule has 132 valence electrons. The smallest absolute Gasteiger partial charge is 0.246 e. The zero-order valence-electron chi connectivity index (χ0n) is 14.2. The van der Waals surface area contributed by atoms with Crippen molar-refractivity contribution in [3.63, 3.8) is 0 Å². The molecular weight excluding hydrogens is 369 g/mol. The topological polar surface area (TPSA) is 55.2 Å². The third-order valence-electron chi connectivity index (χ3n) is 3.93. The highest BCUT2D eigenvalue weighted by Gasteiger charge is 2.28. The zero-order chi connectivity index (χ0) is 18.1. The zero-order valence-corrected chi connectivity index (χ0v) is 16.5. The van der Waals surface area contributed by atoms with Gasteiger partial charge in [0, 0.05) is 31.4 Å². The summed E-state index contributed by atoms with van der Waals surface area (Å²) in [5, 5.41) is 4.72. The molecule has 0 radical (unpaired) electrons. The second-order valence-electron chi connectivity index (χ2n) is 5.68. The summed E-state index contributed by atoms with van der Waals surface area (Å²) in [4.78, 5) is -0.0629. The monoisotopic (exact) mass is 389 g/mol. The maximum absolute atomic E-state index is 12.9. The van der Waals surface area contributed by atoms with Gasteiger partial charge in [-0.3, -0.25) is 4.68 Å². The molecule has 5 nitrogen and oxygen atoms in total. The lowest BCUT2D eigenvalue weighted by Gasteiger charge is -2.19. The van der Waals surface area contributed by atoms with E-state index in [9.17, 15) is 8.42 Å².